The molecule has 4 aromatic heterocycles. The normalized spacial score (nSPS) is 13.0. The number of hydrogen-bond acceptors (Lipinski definition) is 9. The molecule has 1 aromatic carbocycles. The minimum absolute atomic E-state index is 0.236. The van der Waals surface area contributed by atoms with Crippen molar-refractivity contribution in [1.29, 1.82) is 0 Å². The zero-order valence-corrected chi connectivity index (χ0v) is 26.8. The third kappa shape index (κ3) is 7.73. The van der Waals surface area contributed by atoms with Crippen molar-refractivity contribution in [1.82, 2.24) is 34.3 Å². The van der Waals surface area contributed by atoms with E-state index in [0.717, 1.165) is 12.1 Å². The Labute approximate surface area is 268 Å². The Kier molecular flexibility index (Phi) is 8.51. The Morgan fingerprint density at radius 3 is 2.00 bits per heavy atom. The lowest BCUT2D eigenvalue weighted by atomic mass is 10.1. The van der Waals surface area contributed by atoms with Crippen molar-refractivity contribution in [2.45, 2.75) is 71.9 Å². The molecule has 5 aromatic rings. The molecule has 0 aliphatic carbocycles. The van der Waals surface area contributed by atoms with E-state index in [1.165, 1.54) is 16.6 Å². The van der Waals surface area contributed by atoms with Crippen LogP contribution in [0.5, 0.6) is 0 Å². The van der Waals surface area contributed by atoms with E-state index >= 15 is 0 Å². The summed E-state index contributed by atoms with van der Waals surface area (Å²) >= 11 is 0. The third-order valence-corrected chi connectivity index (χ3v) is 6.62. The van der Waals surface area contributed by atoms with Crippen LogP contribution >= 0.6 is 0 Å². The maximum Gasteiger partial charge on any atom is 0.427 e. The zero-order valence-electron chi connectivity index (χ0n) is 26.8. The second-order valence-electron chi connectivity index (χ2n) is 12.7. The van der Waals surface area contributed by atoms with Crippen molar-refractivity contribution in [2.75, 3.05) is 4.90 Å². The molecule has 0 aliphatic rings. The van der Waals surface area contributed by atoms with E-state index in [2.05, 4.69) is 20.2 Å². The van der Waals surface area contributed by atoms with Crippen molar-refractivity contribution in [3.8, 4) is 22.5 Å². The first-order valence-corrected chi connectivity index (χ1v) is 14.5. The van der Waals surface area contributed by atoms with Crippen molar-refractivity contribution in [2.24, 2.45) is 0 Å². The Morgan fingerprint density at radius 1 is 0.830 bits per heavy atom. The molecule has 4 heterocycles. The lowest BCUT2D eigenvalue weighted by Gasteiger charge is -2.26. The number of benzene rings is 1. The maximum atomic E-state index is 13.0. The van der Waals surface area contributed by atoms with Crippen LogP contribution in [0.25, 0.3) is 28.2 Å². The second-order valence-corrected chi connectivity index (χ2v) is 12.7. The number of anilines is 1. The molecule has 0 saturated carbocycles. The molecule has 246 valence electrons. The number of halogens is 3. The average molecular weight is 651 g/mol. The van der Waals surface area contributed by atoms with Gasteiger partial charge >= 0.3 is 18.4 Å². The predicted octanol–water partition coefficient (Wildman–Crippen LogP) is 7.35. The summed E-state index contributed by atoms with van der Waals surface area (Å²) in [5.74, 6) is -0.236. The van der Waals surface area contributed by atoms with Gasteiger partial charge in [0.1, 0.15) is 11.2 Å². The van der Waals surface area contributed by atoms with Gasteiger partial charge in [-0.15, -0.1) is 10.00 Å². The zero-order chi connectivity index (χ0) is 34.3. The molecule has 1 atom stereocenters. The van der Waals surface area contributed by atoms with Crippen LogP contribution < -0.4 is 4.90 Å². The topological polar surface area (TPSA) is 130 Å². The number of fused-ring (bicyclic) bond motifs is 1. The number of alkyl halides is 3. The predicted molar refractivity (Wildman–Crippen MR) is 165 cm³/mol. The molecule has 0 aliphatic heterocycles. The molecule has 15 heteroatoms. The second kappa shape index (κ2) is 12.1. The summed E-state index contributed by atoms with van der Waals surface area (Å²) in [4.78, 5) is 40.2. The van der Waals surface area contributed by atoms with E-state index in [1.807, 2.05) is 6.92 Å². The fourth-order valence-corrected chi connectivity index (χ4v) is 4.41. The minimum atomic E-state index is -4.41. The number of aromatic nitrogens is 7. The highest BCUT2D eigenvalue weighted by molar-refractivity contribution is 6.08. The van der Waals surface area contributed by atoms with Gasteiger partial charge in [0.15, 0.2) is 5.65 Å². The van der Waals surface area contributed by atoms with E-state index in [-0.39, 0.29) is 12.0 Å². The largest absolute Gasteiger partial charge is 0.443 e. The van der Waals surface area contributed by atoms with Crippen molar-refractivity contribution in [3.05, 3.63) is 78.5 Å². The number of nitrogens with zero attached hydrogens (tertiary/aromatic N) is 8. The highest BCUT2D eigenvalue weighted by Crippen LogP contribution is 2.31. The van der Waals surface area contributed by atoms with E-state index in [4.69, 9.17) is 14.5 Å². The fraction of sp³-hybridized carbons (Fsp3) is 0.344. The minimum Gasteiger partial charge on any atom is -0.443 e. The highest BCUT2D eigenvalue weighted by atomic mass is 19.4. The number of carbonyl (C=O) groups is 2. The molecule has 0 radical (unpaired) electrons. The van der Waals surface area contributed by atoms with Gasteiger partial charge in [0.25, 0.3) is 5.95 Å². The molecule has 47 heavy (non-hydrogen) atoms. The maximum absolute atomic E-state index is 13.0. The third-order valence-electron chi connectivity index (χ3n) is 6.62. The number of hydrogen-bond donors (Lipinski definition) is 0. The number of amides is 2. The molecular weight excluding hydrogens is 617 g/mol. The van der Waals surface area contributed by atoms with Crippen LogP contribution in [0.1, 0.15) is 65.6 Å². The SMILES string of the molecule is CC(c1ccc(C(F)(F)F)cc1)n1cc(-c2cncc(-c3ccn4nc(N(C(=O)OC(C)(C)C)C(=O)OC(C)(C)C)nc4c3)n2)cn1. The van der Waals surface area contributed by atoms with E-state index in [9.17, 15) is 22.8 Å². The van der Waals surface area contributed by atoms with Gasteiger partial charge in [-0.3, -0.25) is 9.67 Å². The Morgan fingerprint density at radius 2 is 1.43 bits per heavy atom. The van der Waals surface area contributed by atoms with Crippen molar-refractivity contribution in [3.63, 3.8) is 0 Å². The first kappa shape index (κ1) is 33.0. The van der Waals surface area contributed by atoms with Crippen LogP contribution in [0, 0.1) is 0 Å². The van der Waals surface area contributed by atoms with Gasteiger partial charge in [0, 0.05) is 23.5 Å². The summed E-state index contributed by atoms with van der Waals surface area (Å²) in [7, 11) is 0. The molecule has 0 fully saturated rings. The monoisotopic (exact) mass is 650 g/mol. The Bertz CT molecular complexity index is 1890. The van der Waals surface area contributed by atoms with Gasteiger partial charge < -0.3 is 9.47 Å². The quantitative estimate of drug-likeness (QED) is 0.192. The van der Waals surface area contributed by atoms with Crippen LogP contribution in [-0.4, -0.2) is 57.7 Å². The fourth-order valence-electron chi connectivity index (χ4n) is 4.41. The van der Waals surface area contributed by atoms with E-state index < -0.39 is 35.1 Å². The van der Waals surface area contributed by atoms with Crippen LogP contribution in [0.3, 0.4) is 0 Å². The van der Waals surface area contributed by atoms with Crippen LogP contribution in [0.4, 0.5) is 28.7 Å². The molecule has 0 spiro atoms. The first-order valence-electron chi connectivity index (χ1n) is 14.5. The number of rotatable bonds is 5. The van der Waals surface area contributed by atoms with Gasteiger partial charge in [0.2, 0.25) is 0 Å². The summed E-state index contributed by atoms with van der Waals surface area (Å²) in [6.07, 6.45) is 1.68. The van der Waals surface area contributed by atoms with E-state index in [0.29, 0.717) is 38.6 Å². The molecule has 0 N–H and O–H groups in total. The summed E-state index contributed by atoms with van der Waals surface area (Å²) in [5.41, 5.74) is 0.724. The molecule has 5 rings (SSSR count). The van der Waals surface area contributed by atoms with Gasteiger partial charge in [-0.05, 0) is 78.3 Å². The highest BCUT2D eigenvalue weighted by Gasteiger charge is 2.35. The van der Waals surface area contributed by atoms with Gasteiger partial charge in [-0.25, -0.2) is 19.1 Å². The van der Waals surface area contributed by atoms with Gasteiger partial charge in [-0.1, -0.05) is 12.1 Å². The standard InChI is InChI=1S/C32H33F3N8O4/c1-19(20-8-10-23(11-9-20)32(33,34)35)42-18-22(15-37-42)25-17-36-16-24(38-25)21-12-13-41-26(14-21)39-27(40-41)43(28(44)46-30(2,3)4)29(45)47-31(5,6)7/h8-19H,1-7H3. The number of imide groups is 1. The summed E-state index contributed by atoms with van der Waals surface area (Å²) in [5, 5.41) is 8.70. The molecule has 0 bridgehead atoms. The van der Waals surface area contributed by atoms with Crippen molar-refractivity contribution >= 4 is 23.8 Å². The van der Waals surface area contributed by atoms with E-state index in [1.54, 1.807) is 89.3 Å². The molecular formula is C32H33F3N8O4. The molecule has 0 saturated heterocycles. The average Bonchev–Trinajstić information content (AvgIpc) is 3.62. The lowest BCUT2D eigenvalue weighted by molar-refractivity contribution is -0.137. The first-order chi connectivity index (χ1) is 21.9. The van der Waals surface area contributed by atoms with Crippen LogP contribution in [0.15, 0.2) is 67.4 Å². The van der Waals surface area contributed by atoms with Crippen LogP contribution in [0.2, 0.25) is 0 Å². The molecule has 2 amide bonds. The molecule has 1 unspecified atom stereocenters. The summed E-state index contributed by atoms with van der Waals surface area (Å²) < 4.78 is 52.8. The Hall–Kier alpha value is -5.34. The Balaban J connectivity index is 1.41. The smallest absolute Gasteiger partial charge is 0.427 e. The molecule has 12 nitrogen and oxygen atoms in total. The summed E-state index contributed by atoms with van der Waals surface area (Å²) in [6.45, 7) is 11.8. The number of carbonyl (C=O) groups excluding carboxylic acids is 2. The number of ether oxygens (including phenoxy) is 2. The van der Waals surface area contributed by atoms with Crippen LogP contribution in [-0.2, 0) is 15.7 Å². The lowest BCUT2D eigenvalue weighted by Crippen LogP contribution is -2.44. The van der Waals surface area contributed by atoms with Gasteiger partial charge in [-0.2, -0.15) is 23.3 Å². The van der Waals surface area contributed by atoms with Crippen molar-refractivity contribution < 1.29 is 32.2 Å². The number of pyridine rings is 1. The summed E-state index contributed by atoms with van der Waals surface area (Å²) in [6, 6.07) is 8.01. The van der Waals surface area contributed by atoms with Gasteiger partial charge in [0.05, 0.1) is 41.6 Å².